The van der Waals surface area contributed by atoms with Crippen molar-refractivity contribution >= 4 is 27.5 Å². The largest absolute Gasteiger partial charge is 0.398 e. The highest BCUT2D eigenvalue weighted by Gasteiger charge is 2.16. The van der Waals surface area contributed by atoms with Crippen LogP contribution in [0.25, 0.3) is 0 Å². The van der Waals surface area contributed by atoms with E-state index in [2.05, 4.69) is 15.9 Å². The van der Waals surface area contributed by atoms with Gasteiger partial charge in [0.1, 0.15) is 6.54 Å². The Kier molecular flexibility index (Phi) is 4.63. The highest BCUT2D eigenvalue weighted by Crippen LogP contribution is 2.11. The zero-order valence-corrected chi connectivity index (χ0v) is 12.4. The van der Waals surface area contributed by atoms with Gasteiger partial charge in [0, 0.05) is 25.0 Å². The molecular weight excluding hydrogens is 310 g/mol. The number of nitrogens with zero attached hydrogens (tertiary/aromatic N) is 2. The molecule has 0 spiro atoms. The monoisotopic (exact) mass is 327 g/mol. The van der Waals surface area contributed by atoms with E-state index < -0.39 is 0 Å². The third-order valence-corrected chi connectivity index (χ3v) is 3.90. The molecule has 19 heavy (non-hydrogen) atoms. The SMILES string of the molecule is Nc1cc(Br)c(=O)n(CC(=O)N2CCCCCC2)c1. The van der Waals surface area contributed by atoms with E-state index in [9.17, 15) is 9.59 Å². The molecule has 1 fully saturated rings. The van der Waals surface area contributed by atoms with Crippen LogP contribution in [0.5, 0.6) is 0 Å². The van der Waals surface area contributed by atoms with Crippen molar-refractivity contribution in [1.82, 2.24) is 9.47 Å². The van der Waals surface area contributed by atoms with Crippen molar-refractivity contribution in [3.8, 4) is 0 Å². The summed E-state index contributed by atoms with van der Waals surface area (Å²) in [6.45, 7) is 1.64. The molecule has 1 aliphatic heterocycles. The standard InChI is InChI=1S/C13H18BrN3O2/c14-11-7-10(15)8-17(13(11)19)9-12(18)16-5-3-1-2-4-6-16/h7-8H,1-6,9,15H2. The fraction of sp³-hybridized carbons (Fsp3) is 0.538. The molecule has 2 rings (SSSR count). The van der Waals surface area contributed by atoms with E-state index in [1.165, 1.54) is 23.6 Å². The van der Waals surface area contributed by atoms with E-state index in [0.29, 0.717) is 10.2 Å². The lowest BCUT2D eigenvalue weighted by atomic mass is 10.2. The van der Waals surface area contributed by atoms with Gasteiger partial charge in [-0.05, 0) is 34.8 Å². The lowest BCUT2D eigenvalue weighted by molar-refractivity contribution is -0.131. The first kappa shape index (κ1) is 14.1. The van der Waals surface area contributed by atoms with Gasteiger partial charge in [-0.25, -0.2) is 0 Å². The van der Waals surface area contributed by atoms with E-state index in [-0.39, 0.29) is 18.0 Å². The lowest BCUT2D eigenvalue weighted by Gasteiger charge is -2.20. The van der Waals surface area contributed by atoms with Crippen molar-refractivity contribution in [2.45, 2.75) is 32.2 Å². The Labute approximate surface area is 120 Å². The first-order chi connectivity index (χ1) is 9.08. The van der Waals surface area contributed by atoms with Crippen LogP contribution in [0, 0.1) is 0 Å². The Morgan fingerprint density at radius 2 is 1.89 bits per heavy atom. The third kappa shape index (κ3) is 3.59. The topological polar surface area (TPSA) is 68.3 Å². The summed E-state index contributed by atoms with van der Waals surface area (Å²) in [5.41, 5.74) is 5.94. The van der Waals surface area contributed by atoms with Crippen LogP contribution < -0.4 is 11.3 Å². The number of pyridine rings is 1. The molecule has 2 heterocycles. The molecule has 0 bridgehead atoms. The van der Waals surface area contributed by atoms with E-state index >= 15 is 0 Å². The minimum absolute atomic E-state index is 0.0125. The summed E-state index contributed by atoms with van der Waals surface area (Å²) in [5, 5.41) is 0. The number of likely N-dealkylation sites (tertiary alicyclic amines) is 1. The van der Waals surface area contributed by atoms with Gasteiger partial charge in [0.25, 0.3) is 5.56 Å². The number of carbonyl (C=O) groups is 1. The molecule has 2 N–H and O–H groups in total. The van der Waals surface area contributed by atoms with Crippen LogP contribution in [0.1, 0.15) is 25.7 Å². The average molecular weight is 328 g/mol. The summed E-state index contributed by atoms with van der Waals surface area (Å²) >= 11 is 3.16. The molecule has 0 aliphatic carbocycles. The van der Waals surface area contributed by atoms with Crippen molar-refractivity contribution in [1.29, 1.82) is 0 Å². The van der Waals surface area contributed by atoms with Gasteiger partial charge < -0.3 is 15.2 Å². The number of aromatic nitrogens is 1. The second kappa shape index (κ2) is 6.23. The zero-order valence-electron chi connectivity index (χ0n) is 10.8. The van der Waals surface area contributed by atoms with Crippen molar-refractivity contribution < 1.29 is 4.79 Å². The van der Waals surface area contributed by atoms with Gasteiger partial charge in [0.15, 0.2) is 0 Å². The molecule has 0 saturated carbocycles. The van der Waals surface area contributed by atoms with E-state index in [1.54, 1.807) is 6.07 Å². The maximum absolute atomic E-state index is 12.2. The Bertz CT molecular complexity index is 519. The van der Waals surface area contributed by atoms with Crippen molar-refractivity contribution in [3.63, 3.8) is 0 Å². The summed E-state index contributed by atoms with van der Waals surface area (Å²) in [5.74, 6) is -0.0125. The maximum Gasteiger partial charge on any atom is 0.265 e. The van der Waals surface area contributed by atoms with E-state index in [0.717, 1.165) is 25.9 Å². The quantitative estimate of drug-likeness (QED) is 0.896. The number of halogens is 1. The number of amides is 1. The van der Waals surface area contributed by atoms with Crippen LogP contribution in [0.15, 0.2) is 21.5 Å². The molecule has 1 aromatic rings. The first-order valence-electron chi connectivity index (χ1n) is 6.51. The number of rotatable bonds is 2. The predicted octanol–water partition coefficient (Wildman–Crippen LogP) is 1.60. The number of hydrogen-bond acceptors (Lipinski definition) is 3. The highest BCUT2D eigenvalue weighted by atomic mass is 79.9. The Morgan fingerprint density at radius 3 is 2.53 bits per heavy atom. The van der Waals surface area contributed by atoms with Gasteiger partial charge in [-0.3, -0.25) is 9.59 Å². The Balaban J connectivity index is 2.12. The van der Waals surface area contributed by atoms with Crippen LogP contribution in [0.2, 0.25) is 0 Å². The fourth-order valence-corrected chi connectivity index (χ4v) is 2.80. The summed E-state index contributed by atoms with van der Waals surface area (Å²) in [6, 6.07) is 1.55. The predicted molar refractivity (Wildman–Crippen MR) is 77.9 cm³/mol. The van der Waals surface area contributed by atoms with Crippen molar-refractivity contribution in [2.24, 2.45) is 0 Å². The van der Waals surface area contributed by atoms with Crippen molar-refractivity contribution in [2.75, 3.05) is 18.8 Å². The second-order valence-corrected chi connectivity index (χ2v) is 5.70. The zero-order chi connectivity index (χ0) is 13.8. The highest BCUT2D eigenvalue weighted by molar-refractivity contribution is 9.10. The molecular formula is C13H18BrN3O2. The van der Waals surface area contributed by atoms with E-state index in [4.69, 9.17) is 5.73 Å². The second-order valence-electron chi connectivity index (χ2n) is 4.85. The van der Waals surface area contributed by atoms with Gasteiger partial charge in [-0.2, -0.15) is 0 Å². The normalized spacial score (nSPS) is 16.2. The fourth-order valence-electron chi connectivity index (χ4n) is 2.30. The molecule has 0 radical (unpaired) electrons. The molecule has 104 valence electrons. The van der Waals surface area contributed by atoms with Gasteiger partial charge in [0.05, 0.1) is 4.47 Å². The van der Waals surface area contributed by atoms with Crippen LogP contribution in [-0.4, -0.2) is 28.5 Å². The molecule has 1 aromatic heterocycles. The van der Waals surface area contributed by atoms with Gasteiger partial charge in [0.2, 0.25) is 5.91 Å². The lowest BCUT2D eigenvalue weighted by Crippen LogP contribution is -2.37. The van der Waals surface area contributed by atoms with Crippen molar-refractivity contribution in [3.05, 3.63) is 27.1 Å². The average Bonchev–Trinajstić information content (AvgIpc) is 2.64. The molecule has 0 atom stereocenters. The number of anilines is 1. The molecule has 5 nitrogen and oxygen atoms in total. The number of nitrogens with two attached hydrogens (primary N) is 1. The van der Waals surface area contributed by atoms with Crippen LogP contribution in [0.4, 0.5) is 5.69 Å². The maximum atomic E-state index is 12.2. The summed E-state index contributed by atoms with van der Waals surface area (Å²) in [4.78, 5) is 25.9. The smallest absolute Gasteiger partial charge is 0.265 e. The van der Waals surface area contributed by atoms with Gasteiger partial charge in [-0.15, -0.1) is 0 Å². The minimum atomic E-state index is -0.225. The summed E-state index contributed by atoms with van der Waals surface area (Å²) < 4.78 is 1.75. The number of hydrogen-bond donors (Lipinski definition) is 1. The number of carbonyl (C=O) groups excluding carboxylic acids is 1. The van der Waals surface area contributed by atoms with Crippen LogP contribution in [-0.2, 0) is 11.3 Å². The van der Waals surface area contributed by atoms with Gasteiger partial charge in [-0.1, -0.05) is 12.8 Å². The van der Waals surface area contributed by atoms with Crippen LogP contribution in [0.3, 0.4) is 0 Å². The Morgan fingerprint density at radius 1 is 1.26 bits per heavy atom. The molecule has 0 unspecified atom stereocenters. The molecule has 1 amide bonds. The minimum Gasteiger partial charge on any atom is -0.398 e. The molecule has 6 heteroatoms. The Hall–Kier alpha value is -1.30. The third-order valence-electron chi connectivity index (χ3n) is 3.33. The summed E-state index contributed by atoms with van der Waals surface area (Å²) in [6.07, 6.45) is 5.95. The van der Waals surface area contributed by atoms with E-state index in [1.807, 2.05) is 4.90 Å². The van der Waals surface area contributed by atoms with Crippen LogP contribution >= 0.6 is 15.9 Å². The summed E-state index contributed by atoms with van der Waals surface area (Å²) in [7, 11) is 0. The molecule has 1 aliphatic rings. The van der Waals surface area contributed by atoms with Gasteiger partial charge >= 0.3 is 0 Å². The molecule has 0 aromatic carbocycles. The first-order valence-corrected chi connectivity index (χ1v) is 7.30. The molecule has 1 saturated heterocycles. The number of nitrogen functional groups attached to an aromatic ring is 1.